The predicted molar refractivity (Wildman–Crippen MR) is 84.3 cm³/mol. The molecular weight excluding hydrogens is 232 g/mol. The summed E-state index contributed by atoms with van der Waals surface area (Å²) in [7, 11) is 0. The highest BCUT2D eigenvalue weighted by atomic mass is 15.2. The maximum absolute atomic E-state index is 3.72. The molecule has 0 aromatic heterocycles. The average molecular weight is 264 g/mol. The number of hydrogen-bond acceptors (Lipinski definition) is 2. The van der Waals surface area contributed by atoms with Gasteiger partial charge in [0.1, 0.15) is 0 Å². The summed E-state index contributed by atoms with van der Waals surface area (Å²) in [6.07, 6.45) is 7.64. The second-order valence-corrected chi connectivity index (χ2v) is 6.19. The first kappa shape index (κ1) is 16.5. The summed E-state index contributed by atoms with van der Waals surface area (Å²) in [4.78, 5) is 2.69. The fraction of sp³-hybridized carbons (Fsp3) is 0.882. The first-order chi connectivity index (χ1) is 9.12. The third-order valence-corrected chi connectivity index (χ3v) is 4.40. The molecule has 110 valence electrons. The number of likely N-dealkylation sites (tertiary alicyclic amines) is 1. The zero-order chi connectivity index (χ0) is 14.1. The van der Waals surface area contributed by atoms with Gasteiger partial charge in [0.25, 0.3) is 0 Å². The van der Waals surface area contributed by atoms with Crippen molar-refractivity contribution in [2.75, 3.05) is 19.6 Å². The molecule has 1 rings (SSSR count). The van der Waals surface area contributed by atoms with E-state index in [0.717, 1.165) is 13.0 Å². The SMILES string of the molecule is CC#CCC(NCCC)C(C)(C)N1CCCCCC1. The van der Waals surface area contributed by atoms with Gasteiger partial charge in [-0.25, -0.2) is 0 Å². The third-order valence-electron chi connectivity index (χ3n) is 4.40. The highest BCUT2D eigenvalue weighted by Crippen LogP contribution is 2.25. The molecule has 0 amide bonds. The van der Waals surface area contributed by atoms with Crippen molar-refractivity contribution in [2.45, 2.75) is 77.8 Å². The molecule has 0 bridgehead atoms. The Morgan fingerprint density at radius 2 is 1.79 bits per heavy atom. The van der Waals surface area contributed by atoms with Gasteiger partial charge in [-0.2, -0.15) is 0 Å². The van der Waals surface area contributed by atoms with Crippen LogP contribution in [-0.4, -0.2) is 36.1 Å². The summed E-state index contributed by atoms with van der Waals surface area (Å²) in [5.41, 5.74) is 0.198. The molecular formula is C17H32N2. The average Bonchev–Trinajstić information content (AvgIpc) is 2.68. The summed E-state index contributed by atoms with van der Waals surface area (Å²) in [5.74, 6) is 6.33. The van der Waals surface area contributed by atoms with Gasteiger partial charge in [0.05, 0.1) is 0 Å². The lowest BCUT2D eigenvalue weighted by molar-refractivity contribution is 0.0852. The van der Waals surface area contributed by atoms with Gasteiger partial charge in [0.15, 0.2) is 0 Å². The Morgan fingerprint density at radius 3 is 2.32 bits per heavy atom. The Balaban J connectivity index is 2.72. The standard InChI is InChI=1S/C17H32N2/c1-5-7-12-16(18-13-6-2)17(3,4)19-14-10-8-9-11-15-19/h16,18H,6,8-15H2,1-4H3. The van der Waals surface area contributed by atoms with Crippen molar-refractivity contribution in [2.24, 2.45) is 0 Å². The van der Waals surface area contributed by atoms with Crippen LogP contribution in [-0.2, 0) is 0 Å². The molecule has 1 unspecified atom stereocenters. The van der Waals surface area contributed by atoms with Crippen LogP contribution in [0, 0.1) is 11.8 Å². The zero-order valence-corrected chi connectivity index (χ0v) is 13.4. The molecule has 1 aliphatic rings. The predicted octanol–water partition coefficient (Wildman–Crippen LogP) is 3.42. The molecule has 0 aromatic rings. The van der Waals surface area contributed by atoms with Crippen molar-refractivity contribution in [3.05, 3.63) is 0 Å². The molecule has 1 aliphatic heterocycles. The molecule has 0 aliphatic carbocycles. The van der Waals surface area contributed by atoms with Gasteiger partial charge in [-0.05, 0) is 59.7 Å². The van der Waals surface area contributed by atoms with Crippen molar-refractivity contribution in [1.29, 1.82) is 0 Å². The molecule has 0 aromatic carbocycles. The van der Waals surface area contributed by atoms with E-state index in [0.29, 0.717) is 6.04 Å². The zero-order valence-electron chi connectivity index (χ0n) is 13.4. The van der Waals surface area contributed by atoms with Crippen LogP contribution in [0.2, 0.25) is 0 Å². The normalized spacial score (nSPS) is 19.4. The van der Waals surface area contributed by atoms with Crippen molar-refractivity contribution >= 4 is 0 Å². The smallest absolute Gasteiger partial charge is 0.0356 e. The molecule has 0 radical (unpaired) electrons. The van der Waals surface area contributed by atoms with Crippen LogP contribution >= 0.6 is 0 Å². The topological polar surface area (TPSA) is 15.3 Å². The Bertz CT molecular complexity index is 290. The molecule has 19 heavy (non-hydrogen) atoms. The summed E-state index contributed by atoms with van der Waals surface area (Å²) in [5, 5.41) is 3.72. The quantitative estimate of drug-likeness (QED) is 0.740. The molecule has 1 N–H and O–H groups in total. The molecule has 0 saturated carbocycles. The fourth-order valence-electron chi connectivity index (χ4n) is 2.96. The van der Waals surface area contributed by atoms with Gasteiger partial charge in [0.2, 0.25) is 0 Å². The van der Waals surface area contributed by atoms with Crippen LogP contribution in [0.5, 0.6) is 0 Å². The molecule has 2 heteroatoms. The number of hydrogen-bond donors (Lipinski definition) is 1. The van der Waals surface area contributed by atoms with E-state index in [2.05, 4.69) is 42.8 Å². The molecule has 1 fully saturated rings. The van der Waals surface area contributed by atoms with Crippen molar-refractivity contribution in [1.82, 2.24) is 10.2 Å². The summed E-state index contributed by atoms with van der Waals surface area (Å²) in [6, 6.07) is 0.470. The third kappa shape index (κ3) is 5.16. The van der Waals surface area contributed by atoms with Crippen molar-refractivity contribution in [3.8, 4) is 11.8 Å². The minimum absolute atomic E-state index is 0.198. The summed E-state index contributed by atoms with van der Waals surface area (Å²) >= 11 is 0. The maximum atomic E-state index is 3.72. The highest BCUT2D eigenvalue weighted by molar-refractivity contribution is 5.04. The van der Waals surface area contributed by atoms with E-state index in [4.69, 9.17) is 0 Å². The lowest BCUT2D eigenvalue weighted by atomic mass is 9.89. The number of nitrogens with one attached hydrogen (secondary N) is 1. The lowest BCUT2D eigenvalue weighted by Crippen LogP contribution is -2.58. The van der Waals surface area contributed by atoms with E-state index in [1.165, 1.54) is 45.2 Å². The van der Waals surface area contributed by atoms with Gasteiger partial charge in [-0.3, -0.25) is 4.90 Å². The van der Waals surface area contributed by atoms with E-state index in [9.17, 15) is 0 Å². The monoisotopic (exact) mass is 264 g/mol. The fourth-order valence-corrected chi connectivity index (χ4v) is 2.96. The Hall–Kier alpha value is -0.520. The molecule has 1 saturated heterocycles. The van der Waals surface area contributed by atoms with Crippen LogP contribution in [0.25, 0.3) is 0 Å². The van der Waals surface area contributed by atoms with Crippen LogP contribution in [0.1, 0.15) is 66.2 Å². The van der Waals surface area contributed by atoms with Crippen LogP contribution in [0.4, 0.5) is 0 Å². The van der Waals surface area contributed by atoms with Crippen molar-refractivity contribution in [3.63, 3.8) is 0 Å². The van der Waals surface area contributed by atoms with E-state index in [-0.39, 0.29) is 5.54 Å². The van der Waals surface area contributed by atoms with Gasteiger partial charge < -0.3 is 5.32 Å². The van der Waals surface area contributed by atoms with Gasteiger partial charge in [0, 0.05) is 18.0 Å². The molecule has 2 nitrogen and oxygen atoms in total. The molecule has 1 atom stereocenters. The van der Waals surface area contributed by atoms with Crippen LogP contribution in [0.3, 0.4) is 0 Å². The van der Waals surface area contributed by atoms with E-state index in [1.54, 1.807) is 0 Å². The highest BCUT2D eigenvalue weighted by Gasteiger charge is 2.34. The second-order valence-electron chi connectivity index (χ2n) is 6.19. The number of rotatable bonds is 6. The Labute approximate surface area is 120 Å². The van der Waals surface area contributed by atoms with Gasteiger partial charge in [-0.15, -0.1) is 11.8 Å². The first-order valence-corrected chi connectivity index (χ1v) is 8.01. The Kier molecular flexibility index (Phi) is 7.49. The van der Waals surface area contributed by atoms with Gasteiger partial charge >= 0.3 is 0 Å². The maximum Gasteiger partial charge on any atom is 0.0356 e. The minimum atomic E-state index is 0.198. The van der Waals surface area contributed by atoms with Crippen LogP contribution in [0.15, 0.2) is 0 Å². The second kappa shape index (κ2) is 8.61. The van der Waals surface area contributed by atoms with E-state index >= 15 is 0 Å². The summed E-state index contributed by atoms with van der Waals surface area (Å²) in [6.45, 7) is 12.5. The van der Waals surface area contributed by atoms with Crippen molar-refractivity contribution < 1.29 is 0 Å². The van der Waals surface area contributed by atoms with Gasteiger partial charge in [-0.1, -0.05) is 19.8 Å². The number of nitrogens with zero attached hydrogens (tertiary/aromatic N) is 1. The molecule has 1 heterocycles. The van der Waals surface area contributed by atoms with E-state index in [1.807, 2.05) is 6.92 Å². The summed E-state index contributed by atoms with van der Waals surface area (Å²) < 4.78 is 0. The Morgan fingerprint density at radius 1 is 1.16 bits per heavy atom. The molecule has 0 spiro atoms. The lowest BCUT2D eigenvalue weighted by Gasteiger charge is -2.44. The first-order valence-electron chi connectivity index (χ1n) is 8.01. The minimum Gasteiger partial charge on any atom is -0.311 e. The van der Waals surface area contributed by atoms with E-state index < -0.39 is 0 Å². The largest absolute Gasteiger partial charge is 0.311 e. The van der Waals surface area contributed by atoms with Crippen LogP contribution < -0.4 is 5.32 Å².